The lowest BCUT2D eigenvalue weighted by molar-refractivity contribution is 0.0998. The van der Waals surface area contributed by atoms with Crippen LogP contribution in [0.4, 0.5) is 0 Å². The Morgan fingerprint density at radius 1 is 1.33 bits per heavy atom. The van der Waals surface area contributed by atoms with Gasteiger partial charge in [-0.25, -0.2) is 0 Å². The topological polar surface area (TPSA) is 35.2 Å². The SMILES string of the molecule is CCC(N)(CCCC1CCCO1)c1ccccc1. The predicted molar refractivity (Wildman–Crippen MR) is 75.4 cm³/mol. The molecule has 1 heterocycles. The van der Waals surface area contributed by atoms with Crippen LogP contribution in [-0.2, 0) is 10.3 Å². The molecule has 0 aromatic heterocycles. The highest BCUT2D eigenvalue weighted by atomic mass is 16.5. The zero-order valence-electron chi connectivity index (χ0n) is 11.4. The number of ether oxygens (including phenoxy) is 1. The largest absolute Gasteiger partial charge is 0.378 e. The Morgan fingerprint density at radius 2 is 2.11 bits per heavy atom. The monoisotopic (exact) mass is 247 g/mol. The van der Waals surface area contributed by atoms with Gasteiger partial charge in [0.1, 0.15) is 0 Å². The third-order valence-corrected chi connectivity index (χ3v) is 4.15. The molecule has 2 nitrogen and oxygen atoms in total. The van der Waals surface area contributed by atoms with Gasteiger partial charge in [0.15, 0.2) is 0 Å². The second-order valence-corrected chi connectivity index (χ2v) is 5.40. The maximum atomic E-state index is 6.56. The van der Waals surface area contributed by atoms with Gasteiger partial charge in [-0.2, -0.15) is 0 Å². The molecule has 0 amide bonds. The van der Waals surface area contributed by atoms with Gasteiger partial charge in [0.2, 0.25) is 0 Å². The smallest absolute Gasteiger partial charge is 0.0576 e. The van der Waals surface area contributed by atoms with Crippen LogP contribution in [0.1, 0.15) is 51.0 Å². The molecule has 2 N–H and O–H groups in total. The van der Waals surface area contributed by atoms with E-state index in [-0.39, 0.29) is 5.54 Å². The molecule has 1 aliphatic rings. The lowest BCUT2D eigenvalue weighted by atomic mass is 9.83. The van der Waals surface area contributed by atoms with Crippen LogP contribution in [0.2, 0.25) is 0 Å². The Bertz CT molecular complexity index is 345. The molecule has 0 aliphatic carbocycles. The Hall–Kier alpha value is -0.860. The quantitative estimate of drug-likeness (QED) is 0.833. The van der Waals surface area contributed by atoms with Crippen LogP contribution in [0.25, 0.3) is 0 Å². The summed E-state index contributed by atoms with van der Waals surface area (Å²) in [5, 5.41) is 0. The van der Waals surface area contributed by atoms with E-state index in [4.69, 9.17) is 10.5 Å². The maximum Gasteiger partial charge on any atom is 0.0576 e. The Morgan fingerprint density at radius 3 is 2.72 bits per heavy atom. The van der Waals surface area contributed by atoms with E-state index in [0.29, 0.717) is 6.10 Å². The molecule has 1 aromatic rings. The van der Waals surface area contributed by atoms with Crippen molar-refractivity contribution >= 4 is 0 Å². The second kappa shape index (κ2) is 6.35. The first-order valence-electron chi connectivity index (χ1n) is 7.20. The van der Waals surface area contributed by atoms with Crippen LogP contribution in [0.5, 0.6) is 0 Å². The normalized spacial score (nSPS) is 22.9. The molecular formula is C16H25NO. The van der Waals surface area contributed by atoms with Crippen molar-refractivity contribution in [1.82, 2.24) is 0 Å². The Balaban J connectivity index is 1.87. The highest BCUT2D eigenvalue weighted by Gasteiger charge is 2.25. The third-order valence-electron chi connectivity index (χ3n) is 4.15. The van der Waals surface area contributed by atoms with Gasteiger partial charge >= 0.3 is 0 Å². The van der Waals surface area contributed by atoms with E-state index in [0.717, 1.165) is 32.3 Å². The van der Waals surface area contributed by atoms with E-state index in [1.54, 1.807) is 0 Å². The first-order valence-corrected chi connectivity index (χ1v) is 7.20. The van der Waals surface area contributed by atoms with E-state index >= 15 is 0 Å². The second-order valence-electron chi connectivity index (χ2n) is 5.40. The molecule has 0 radical (unpaired) electrons. The lowest BCUT2D eigenvalue weighted by Gasteiger charge is -2.29. The molecule has 2 atom stereocenters. The van der Waals surface area contributed by atoms with Crippen LogP contribution in [0.3, 0.4) is 0 Å². The minimum atomic E-state index is -0.167. The summed E-state index contributed by atoms with van der Waals surface area (Å²) in [6, 6.07) is 10.5. The van der Waals surface area contributed by atoms with E-state index in [2.05, 4.69) is 31.2 Å². The number of rotatable bonds is 6. The van der Waals surface area contributed by atoms with Gasteiger partial charge in [-0.3, -0.25) is 0 Å². The third kappa shape index (κ3) is 3.33. The minimum absolute atomic E-state index is 0.167. The molecule has 2 rings (SSSR count). The van der Waals surface area contributed by atoms with Crippen molar-refractivity contribution in [2.24, 2.45) is 5.73 Å². The fourth-order valence-corrected chi connectivity index (χ4v) is 2.81. The molecule has 0 saturated carbocycles. The van der Waals surface area contributed by atoms with Crippen LogP contribution in [0.15, 0.2) is 30.3 Å². The predicted octanol–water partition coefficient (Wildman–Crippen LogP) is 3.60. The zero-order valence-corrected chi connectivity index (χ0v) is 11.4. The van der Waals surface area contributed by atoms with E-state index in [1.165, 1.54) is 18.4 Å². The van der Waals surface area contributed by atoms with Crippen LogP contribution in [0, 0.1) is 0 Å². The molecular weight excluding hydrogens is 222 g/mol. The zero-order chi connectivity index (χ0) is 12.8. The first kappa shape index (κ1) is 13.6. The standard InChI is InChI=1S/C16H25NO/c1-2-16(17,14-8-4-3-5-9-14)12-6-10-15-11-7-13-18-15/h3-5,8-9,15H,2,6-7,10-13,17H2,1H3. The number of hydrogen-bond acceptors (Lipinski definition) is 2. The summed E-state index contributed by atoms with van der Waals surface area (Å²) < 4.78 is 5.67. The van der Waals surface area contributed by atoms with Crippen molar-refractivity contribution in [3.05, 3.63) is 35.9 Å². The van der Waals surface area contributed by atoms with Gasteiger partial charge in [0.05, 0.1) is 6.10 Å². The van der Waals surface area contributed by atoms with Gasteiger partial charge in [0, 0.05) is 12.1 Å². The summed E-state index contributed by atoms with van der Waals surface area (Å²) in [5.74, 6) is 0. The van der Waals surface area contributed by atoms with Crippen molar-refractivity contribution in [1.29, 1.82) is 0 Å². The maximum absolute atomic E-state index is 6.56. The molecule has 100 valence electrons. The van der Waals surface area contributed by atoms with Gasteiger partial charge in [-0.05, 0) is 44.1 Å². The van der Waals surface area contributed by atoms with Crippen molar-refractivity contribution in [3.8, 4) is 0 Å². The number of hydrogen-bond donors (Lipinski definition) is 1. The van der Waals surface area contributed by atoms with E-state index < -0.39 is 0 Å². The molecule has 1 fully saturated rings. The summed E-state index contributed by atoms with van der Waals surface area (Å²) in [7, 11) is 0. The summed E-state index contributed by atoms with van der Waals surface area (Å²) in [4.78, 5) is 0. The van der Waals surface area contributed by atoms with Gasteiger partial charge in [-0.15, -0.1) is 0 Å². The highest BCUT2D eigenvalue weighted by Crippen LogP contribution is 2.29. The molecule has 0 spiro atoms. The number of benzene rings is 1. The molecule has 1 aromatic carbocycles. The Labute approximate surface area is 111 Å². The fraction of sp³-hybridized carbons (Fsp3) is 0.625. The fourth-order valence-electron chi connectivity index (χ4n) is 2.81. The molecule has 2 unspecified atom stereocenters. The van der Waals surface area contributed by atoms with Crippen molar-refractivity contribution in [2.75, 3.05) is 6.61 Å². The number of nitrogens with two attached hydrogens (primary N) is 1. The summed E-state index contributed by atoms with van der Waals surface area (Å²) in [5.41, 5.74) is 7.66. The van der Waals surface area contributed by atoms with Crippen molar-refractivity contribution < 1.29 is 4.74 Å². The van der Waals surface area contributed by atoms with Crippen LogP contribution >= 0.6 is 0 Å². The summed E-state index contributed by atoms with van der Waals surface area (Å²) in [6.07, 6.45) is 7.30. The Kier molecular flexibility index (Phi) is 4.79. The molecule has 18 heavy (non-hydrogen) atoms. The van der Waals surface area contributed by atoms with Gasteiger partial charge < -0.3 is 10.5 Å². The van der Waals surface area contributed by atoms with E-state index in [1.807, 2.05) is 6.07 Å². The van der Waals surface area contributed by atoms with Gasteiger partial charge in [-0.1, -0.05) is 37.3 Å². The molecule has 0 bridgehead atoms. The van der Waals surface area contributed by atoms with Crippen molar-refractivity contribution in [3.63, 3.8) is 0 Å². The minimum Gasteiger partial charge on any atom is -0.378 e. The molecule has 1 saturated heterocycles. The summed E-state index contributed by atoms with van der Waals surface area (Å²) in [6.45, 7) is 3.13. The van der Waals surface area contributed by atoms with Gasteiger partial charge in [0.25, 0.3) is 0 Å². The molecule has 2 heteroatoms. The van der Waals surface area contributed by atoms with Crippen molar-refractivity contribution in [2.45, 2.75) is 57.1 Å². The summed E-state index contributed by atoms with van der Waals surface area (Å²) >= 11 is 0. The highest BCUT2D eigenvalue weighted by molar-refractivity contribution is 5.23. The molecule has 1 aliphatic heterocycles. The van der Waals surface area contributed by atoms with Crippen LogP contribution < -0.4 is 5.73 Å². The average Bonchev–Trinajstić information content (AvgIpc) is 2.93. The van der Waals surface area contributed by atoms with Crippen LogP contribution in [-0.4, -0.2) is 12.7 Å². The lowest BCUT2D eigenvalue weighted by Crippen LogP contribution is -2.36. The average molecular weight is 247 g/mol. The van der Waals surface area contributed by atoms with E-state index in [9.17, 15) is 0 Å². The first-order chi connectivity index (χ1) is 8.74.